The van der Waals surface area contributed by atoms with Gasteiger partial charge < -0.3 is 10.6 Å². The lowest BCUT2D eigenvalue weighted by molar-refractivity contribution is 0.887. The lowest BCUT2D eigenvalue weighted by Crippen LogP contribution is -2.11. The van der Waals surface area contributed by atoms with Crippen LogP contribution in [0.3, 0.4) is 0 Å². The second-order valence-corrected chi connectivity index (χ2v) is 4.87. The Bertz CT molecular complexity index is 617. The van der Waals surface area contributed by atoms with Gasteiger partial charge in [0.1, 0.15) is 0 Å². The van der Waals surface area contributed by atoms with Crippen LogP contribution < -0.4 is 10.6 Å². The monoisotopic (exact) mass is 292 g/mol. The minimum Gasteiger partial charge on any atom is -0.355 e. The third-order valence-corrected chi connectivity index (χ3v) is 3.29. The Hall–Kier alpha value is -2.08. The van der Waals surface area contributed by atoms with Gasteiger partial charge >= 0.3 is 0 Å². The molecule has 0 fully saturated rings. The van der Waals surface area contributed by atoms with E-state index in [1.807, 2.05) is 13.8 Å². The van der Waals surface area contributed by atoms with Crippen molar-refractivity contribution in [3.8, 4) is 6.07 Å². The summed E-state index contributed by atoms with van der Waals surface area (Å²) >= 11 is 1.47. The highest BCUT2D eigenvalue weighted by atomic mass is 32.2. The summed E-state index contributed by atoms with van der Waals surface area (Å²) in [5.74, 6) is 2.33. The normalized spacial score (nSPS) is 10.4. The van der Waals surface area contributed by atoms with E-state index in [0.717, 1.165) is 13.1 Å². The van der Waals surface area contributed by atoms with E-state index in [1.54, 1.807) is 4.40 Å². The van der Waals surface area contributed by atoms with Crippen LogP contribution >= 0.6 is 11.8 Å². The fourth-order valence-electron chi connectivity index (χ4n) is 1.59. The van der Waals surface area contributed by atoms with Gasteiger partial charge in [-0.2, -0.15) is 15.2 Å². The first-order valence-electron chi connectivity index (χ1n) is 6.40. The molecule has 8 nitrogen and oxygen atoms in total. The van der Waals surface area contributed by atoms with Crippen molar-refractivity contribution < 1.29 is 0 Å². The molecular weight excluding hydrogens is 276 g/mol. The molecule has 0 amide bonds. The van der Waals surface area contributed by atoms with E-state index in [-0.39, 0.29) is 0 Å². The Morgan fingerprint density at radius 3 is 2.70 bits per heavy atom. The number of nitriles is 1. The van der Waals surface area contributed by atoms with Gasteiger partial charge in [-0.15, -0.1) is 10.2 Å². The second-order valence-electron chi connectivity index (χ2n) is 3.81. The molecule has 0 saturated carbocycles. The van der Waals surface area contributed by atoms with Gasteiger partial charge in [-0.25, -0.2) is 4.40 Å². The number of nitrogens with zero attached hydrogens (tertiary/aromatic N) is 6. The molecule has 0 aliphatic heterocycles. The number of thioether (sulfide) groups is 1. The van der Waals surface area contributed by atoms with E-state index in [1.165, 1.54) is 11.8 Å². The molecule has 0 aliphatic carbocycles. The van der Waals surface area contributed by atoms with Crippen LogP contribution in [0, 0.1) is 11.3 Å². The Labute approximate surface area is 121 Å². The molecule has 0 aromatic carbocycles. The number of fused-ring (bicyclic) bond motifs is 1. The molecule has 2 N–H and O–H groups in total. The number of hydrogen-bond donors (Lipinski definition) is 2. The van der Waals surface area contributed by atoms with Gasteiger partial charge in [-0.3, -0.25) is 0 Å². The Morgan fingerprint density at radius 2 is 2.00 bits per heavy atom. The van der Waals surface area contributed by atoms with Crippen LogP contribution in [0.2, 0.25) is 0 Å². The summed E-state index contributed by atoms with van der Waals surface area (Å²) in [5.41, 5.74) is 0. The first kappa shape index (κ1) is 14.3. The molecular formula is C11H16N8S. The maximum absolute atomic E-state index is 8.59. The average molecular weight is 292 g/mol. The Balaban J connectivity index is 2.38. The smallest absolute Gasteiger partial charge is 0.261 e. The quantitative estimate of drug-likeness (QED) is 0.583. The molecule has 0 radical (unpaired) electrons. The third kappa shape index (κ3) is 3.08. The van der Waals surface area contributed by atoms with E-state index < -0.39 is 0 Å². The third-order valence-electron chi connectivity index (χ3n) is 2.36. The van der Waals surface area contributed by atoms with Crippen molar-refractivity contribution in [2.45, 2.75) is 25.4 Å². The van der Waals surface area contributed by atoms with Crippen LogP contribution in [-0.2, 0) is 0 Å². The number of nitrogens with one attached hydrogen (secondary N) is 2. The maximum atomic E-state index is 8.59. The molecule has 106 valence electrons. The minimum absolute atomic E-state index is 0.465. The zero-order valence-electron chi connectivity index (χ0n) is 11.4. The number of aromatic nitrogens is 5. The zero-order valence-corrected chi connectivity index (χ0v) is 12.2. The van der Waals surface area contributed by atoms with Crippen molar-refractivity contribution >= 4 is 29.4 Å². The lowest BCUT2D eigenvalue weighted by atomic mass is 10.6. The van der Waals surface area contributed by atoms with Crippen molar-refractivity contribution in [2.75, 3.05) is 29.5 Å². The highest BCUT2D eigenvalue weighted by molar-refractivity contribution is 7.99. The van der Waals surface area contributed by atoms with Crippen LogP contribution in [0.5, 0.6) is 0 Å². The minimum atomic E-state index is 0.465. The fraction of sp³-hybridized carbons (Fsp3) is 0.545. The van der Waals surface area contributed by atoms with Gasteiger partial charge in [0, 0.05) is 25.3 Å². The molecule has 20 heavy (non-hydrogen) atoms. The van der Waals surface area contributed by atoms with Crippen molar-refractivity contribution in [1.82, 2.24) is 24.6 Å². The summed E-state index contributed by atoms with van der Waals surface area (Å²) in [6, 6.07) is 2.11. The largest absolute Gasteiger partial charge is 0.355 e. The van der Waals surface area contributed by atoms with Crippen molar-refractivity contribution in [3.63, 3.8) is 0 Å². The zero-order chi connectivity index (χ0) is 14.4. The van der Waals surface area contributed by atoms with Gasteiger partial charge in [0.25, 0.3) is 5.78 Å². The lowest BCUT2D eigenvalue weighted by Gasteiger charge is -2.09. The molecule has 0 unspecified atom stereocenters. The van der Waals surface area contributed by atoms with Crippen LogP contribution in [0.4, 0.5) is 11.9 Å². The van der Waals surface area contributed by atoms with E-state index in [0.29, 0.717) is 35.0 Å². The average Bonchev–Trinajstić information content (AvgIpc) is 2.83. The highest BCUT2D eigenvalue weighted by Crippen LogP contribution is 2.21. The van der Waals surface area contributed by atoms with Crippen LogP contribution in [-0.4, -0.2) is 43.4 Å². The van der Waals surface area contributed by atoms with Crippen LogP contribution in [0.15, 0.2) is 5.16 Å². The van der Waals surface area contributed by atoms with Gasteiger partial charge in [-0.1, -0.05) is 11.8 Å². The maximum Gasteiger partial charge on any atom is 0.261 e. The topological polar surface area (TPSA) is 104 Å². The van der Waals surface area contributed by atoms with Gasteiger partial charge in [0.15, 0.2) is 5.16 Å². The SMILES string of the molecule is CCNc1nc(NCC)n2c(SCCC#N)nnc2n1. The highest BCUT2D eigenvalue weighted by Gasteiger charge is 2.14. The molecule has 9 heteroatoms. The summed E-state index contributed by atoms with van der Waals surface area (Å²) in [6.07, 6.45) is 0.465. The van der Waals surface area contributed by atoms with Crippen LogP contribution in [0.25, 0.3) is 5.78 Å². The number of rotatable bonds is 7. The van der Waals surface area contributed by atoms with Crippen molar-refractivity contribution in [2.24, 2.45) is 0 Å². The first-order chi connectivity index (χ1) is 9.80. The van der Waals surface area contributed by atoms with Gasteiger partial charge in [0.2, 0.25) is 11.9 Å². The predicted octanol–water partition coefficient (Wildman–Crippen LogP) is 1.39. The van der Waals surface area contributed by atoms with Gasteiger partial charge in [0.05, 0.1) is 6.07 Å². The molecule has 0 aliphatic rings. The van der Waals surface area contributed by atoms with E-state index >= 15 is 0 Å². The van der Waals surface area contributed by atoms with Crippen molar-refractivity contribution in [3.05, 3.63) is 0 Å². The standard InChI is InChI=1S/C11H16N8S/c1-3-13-8-15-9(14-4-2)19-10(16-8)17-18-11(19)20-7-5-6-12/h3-5,7H2,1-2H3,(H2,13,14,15,16,17). The summed E-state index contributed by atoms with van der Waals surface area (Å²) in [7, 11) is 0. The number of anilines is 2. The van der Waals surface area contributed by atoms with Gasteiger partial charge in [-0.05, 0) is 13.8 Å². The Morgan fingerprint density at radius 1 is 1.20 bits per heavy atom. The molecule has 0 atom stereocenters. The molecule has 2 aromatic heterocycles. The summed E-state index contributed by atoms with van der Waals surface area (Å²) in [5, 5.41) is 23.7. The molecule has 0 saturated heterocycles. The molecule has 2 rings (SSSR count). The second kappa shape index (κ2) is 6.91. The molecule has 0 bridgehead atoms. The molecule has 0 spiro atoms. The molecule has 2 heterocycles. The van der Waals surface area contributed by atoms with E-state index in [9.17, 15) is 0 Å². The summed E-state index contributed by atoms with van der Waals surface area (Å²) < 4.78 is 1.77. The summed E-state index contributed by atoms with van der Waals surface area (Å²) in [6.45, 7) is 5.44. The van der Waals surface area contributed by atoms with E-state index in [2.05, 4.69) is 36.9 Å². The van der Waals surface area contributed by atoms with E-state index in [4.69, 9.17) is 5.26 Å². The predicted molar refractivity (Wildman–Crippen MR) is 77.9 cm³/mol. The van der Waals surface area contributed by atoms with Crippen molar-refractivity contribution in [1.29, 1.82) is 5.26 Å². The Kier molecular flexibility index (Phi) is 4.95. The summed E-state index contributed by atoms with van der Waals surface area (Å²) in [4.78, 5) is 8.72. The molecule has 2 aromatic rings. The van der Waals surface area contributed by atoms with Crippen LogP contribution in [0.1, 0.15) is 20.3 Å². The fourth-order valence-corrected chi connectivity index (χ4v) is 2.36. The first-order valence-corrected chi connectivity index (χ1v) is 7.39. The number of hydrogen-bond acceptors (Lipinski definition) is 8.